The Balaban J connectivity index is 1.09. The summed E-state index contributed by atoms with van der Waals surface area (Å²) in [7, 11) is 0. The molecule has 46 heavy (non-hydrogen) atoms. The number of amidine groups is 2. The minimum atomic E-state index is -0.372. The van der Waals surface area contributed by atoms with Gasteiger partial charge in [-0.25, -0.2) is 0 Å². The predicted molar refractivity (Wildman–Crippen MR) is 189 cm³/mol. The van der Waals surface area contributed by atoms with Crippen LogP contribution in [0.15, 0.2) is 154 Å². The lowest BCUT2D eigenvalue weighted by molar-refractivity contribution is 0.660. The molecule has 0 radical (unpaired) electrons. The molecule has 0 fully saturated rings. The molecule has 1 unspecified atom stereocenters. The van der Waals surface area contributed by atoms with Crippen LogP contribution in [0.5, 0.6) is 0 Å². The van der Waals surface area contributed by atoms with Gasteiger partial charge in [0.2, 0.25) is 0 Å². The molecular weight excluding hydrogens is 562 g/mol. The molecule has 2 heterocycles. The number of hydrogen-bond acceptors (Lipinski definition) is 3. The van der Waals surface area contributed by atoms with Crippen molar-refractivity contribution in [2.75, 3.05) is 0 Å². The molecule has 0 bridgehead atoms. The van der Waals surface area contributed by atoms with E-state index in [1.807, 2.05) is 48.5 Å². The number of rotatable bonds is 4. The van der Waals surface area contributed by atoms with Gasteiger partial charge in [0, 0.05) is 16.2 Å². The highest BCUT2D eigenvalue weighted by molar-refractivity contribution is 6.20. The highest BCUT2D eigenvalue weighted by Crippen LogP contribution is 2.49. The lowest BCUT2D eigenvalue weighted by Crippen LogP contribution is -2.15. The van der Waals surface area contributed by atoms with Crippen LogP contribution in [0, 0.1) is 0 Å². The number of aliphatic imine (C=N–C) groups is 2. The molecule has 4 nitrogen and oxygen atoms in total. The van der Waals surface area contributed by atoms with Crippen molar-refractivity contribution in [3.8, 4) is 22.3 Å². The first-order chi connectivity index (χ1) is 22.5. The Labute approximate surface area is 267 Å². The summed E-state index contributed by atoms with van der Waals surface area (Å²) in [6.45, 7) is 4.64. The number of fused-ring (bicyclic) bond motifs is 6. The highest BCUT2D eigenvalue weighted by Gasteiger charge is 2.35. The van der Waals surface area contributed by atoms with Gasteiger partial charge >= 0.3 is 0 Å². The Morgan fingerprint density at radius 3 is 1.96 bits per heavy atom. The van der Waals surface area contributed by atoms with Gasteiger partial charge in [-0.05, 0) is 80.4 Å². The summed E-state index contributed by atoms with van der Waals surface area (Å²) in [4.78, 5) is 9.84. The van der Waals surface area contributed by atoms with E-state index >= 15 is 0 Å². The largest absolute Gasteiger partial charge is 0.456 e. The molecule has 0 N–H and O–H groups in total. The lowest BCUT2D eigenvalue weighted by Gasteiger charge is -2.32. The Kier molecular flexibility index (Phi) is 5.88. The fourth-order valence-corrected chi connectivity index (χ4v) is 7.04. The summed E-state index contributed by atoms with van der Waals surface area (Å²) < 4.78 is 6.53. The van der Waals surface area contributed by atoms with Crippen LogP contribution in [-0.4, -0.2) is 11.7 Å². The van der Waals surface area contributed by atoms with Crippen molar-refractivity contribution in [2.45, 2.75) is 25.4 Å². The van der Waals surface area contributed by atoms with E-state index in [1.54, 1.807) is 0 Å². The molecule has 7 aromatic rings. The van der Waals surface area contributed by atoms with Gasteiger partial charge in [-0.3, -0.25) is 4.99 Å². The third-order valence-electron chi connectivity index (χ3n) is 9.48. The van der Waals surface area contributed by atoms with Crippen LogP contribution in [0.4, 0.5) is 0 Å². The van der Waals surface area contributed by atoms with Crippen molar-refractivity contribution in [1.29, 1.82) is 0 Å². The van der Waals surface area contributed by atoms with Gasteiger partial charge in [0.1, 0.15) is 11.2 Å². The summed E-state index contributed by atoms with van der Waals surface area (Å²) >= 11 is 0. The van der Waals surface area contributed by atoms with Crippen molar-refractivity contribution in [3.63, 3.8) is 0 Å². The van der Waals surface area contributed by atoms with Crippen LogP contribution in [0.3, 0.4) is 0 Å². The molecule has 0 spiro atoms. The SMILES string of the molecule is CC1(C)c2ccccc2-c2ccc(-c3ccc4c(c3)oc3cc(C5=NC(c6ccccc6)=NC(c6ccccc6)[N-]5)ccc34)cc21. The predicted octanol–water partition coefficient (Wildman–Crippen LogP) is 10.8. The maximum atomic E-state index is 6.53. The first kappa shape index (κ1) is 26.6. The quantitative estimate of drug-likeness (QED) is 0.201. The molecule has 0 saturated heterocycles. The van der Waals surface area contributed by atoms with Gasteiger partial charge in [-0.2, -0.15) is 0 Å². The molecule has 0 amide bonds. The molecule has 9 rings (SSSR count). The summed E-state index contributed by atoms with van der Waals surface area (Å²) in [5.74, 6) is 1.32. The first-order valence-corrected chi connectivity index (χ1v) is 15.7. The number of benzene rings is 6. The third kappa shape index (κ3) is 4.21. The second-order valence-electron chi connectivity index (χ2n) is 12.6. The first-order valence-electron chi connectivity index (χ1n) is 15.7. The molecule has 1 atom stereocenters. The number of nitrogens with zero attached hydrogens (tertiary/aromatic N) is 3. The van der Waals surface area contributed by atoms with E-state index in [0.717, 1.165) is 44.2 Å². The van der Waals surface area contributed by atoms with E-state index in [0.29, 0.717) is 11.7 Å². The van der Waals surface area contributed by atoms with E-state index in [2.05, 4.69) is 105 Å². The Hall–Kier alpha value is -5.74. The zero-order chi connectivity index (χ0) is 30.8. The minimum Gasteiger partial charge on any atom is -0.456 e. The molecule has 4 heteroatoms. The standard InChI is InChI=1S/C42H30N3O/c1-42(2)35-16-10-9-15-31(35)32-20-17-28(23-36(32)42)29-18-21-33-34-22-19-30(25-38(34)46-37(33)24-29)41-44-39(26-11-5-3-6-12-26)43-40(45-41)27-13-7-4-8-14-27/h3-25,39H,1-2H3/q-1. The van der Waals surface area contributed by atoms with Gasteiger partial charge in [-0.1, -0.05) is 129 Å². The minimum absolute atomic E-state index is 0.0424. The van der Waals surface area contributed by atoms with E-state index in [9.17, 15) is 0 Å². The summed E-state index contributed by atoms with van der Waals surface area (Å²) in [6.07, 6.45) is -0.372. The summed E-state index contributed by atoms with van der Waals surface area (Å²) in [5.41, 5.74) is 12.3. The van der Waals surface area contributed by atoms with Crippen molar-refractivity contribution in [1.82, 2.24) is 0 Å². The molecule has 0 saturated carbocycles. The molecule has 1 aromatic heterocycles. The van der Waals surface area contributed by atoms with Crippen molar-refractivity contribution in [2.24, 2.45) is 9.98 Å². The summed E-state index contributed by atoms with van der Waals surface area (Å²) in [5, 5.41) is 7.15. The number of furan rings is 1. The van der Waals surface area contributed by atoms with E-state index in [-0.39, 0.29) is 11.6 Å². The van der Waals surface area contributed by atoms with Gasteiger partial charge in [0.25, 0.3) is 0 Å². The normalized spacial score (nSPS) is 16.4. The van der Waals surface area contributed by atoms with Crippen molar-refractivity contribution < 1.29 is 4.42 Å². The fourth-order valence-electron chi connectivity index (χ4n) is 7.04. The third-order valence-corrected chi connectivity index (χ3v) is 9.48. The fraction of sp³-hybridized carbons (Fsp3) is 0.0952. The van der Waals surface area contributed by atoms with Crippen LogP contribution in [0.1, 0.15) is 47.8 Å². The van der Waals surface area contributed by atoms with Crippen LogP contribution in [0.25, 0.3) is 49.5 Å². The van der Waals surface area contributed by atoms with Gasteiger partial charge in [0.15, 0.2) is 0 Å². The van der Waals surface area contributed by atoms with Gasteiger partial charge in [-0.15, -0.1) is 0 Å². The smallest absolute Gasteiger partial charge is 0.136 e. The Bertz CT molecular complexity index is 2360. The maximum Gasteiger partial charge on any atom is 0.136 e. The van der Waals surface area contributed by atoms with Crippen LogP contribution in [-0.2, 0) is 5.41 Å². The van der Waals surface area contributed by atoms with Crippen LogP contribution >= 0.6 is 0 Å². The lowest BCUT2D eigenvalue weighted by atomic mass is 9.81. The molecule has 2 aliphatic rings. The van der Waals surface area contributed by atoms with Gasteiger partial charge in [0.05, 0.1) is 12.0 Å². The zero-order valence-electron chi connectivity index (χ0n) is 25.6. The van der Waals surface area contributed by atoms with Crippen molar-refractivity contribution >= 4 is 33.6 Å². The Morgan fingerprint density at radius 1 is 0.565 bits per heavy atom. The topological polar surface area (TPSA) is 52.0 Å². The van der Waals surface area contributed by atoms with E-state index in [4.69, 9.17) is 19.7 Å². The highest BCUT2D eigenvalue weighted by atomic mass is 16.3. The zero-order valence-corrected chi connectivity index (χ0v) is 25.6. The second kappa shape index (κ2) is 10.1. The van der Waals surface area contributed by atoms with Gasteiger partial charge < -0.3 is 14.7 Å². The number of hydrogen-bond donors (Lipinski definition) is 0. The Morgan fingerprint density at radius 2 is 1.17 bits per heavy atom. The second-order valence-corrected chi connectivity index (χ2v) is 12.6. The van der Waals surface area contributed by atoms with Crippen LogP contribution in [0.2, 0.25) is 0 Å². The summed E-state index contributed by atoms with van der Waals surface area (Å²) in [6, 6.07) is 48.7. The monoisotopic (exact) mass is 592 g/mol. The van der Waals surface area contributed by atoms with E-state index < -0.39 is 0 Å². The molecule has 1 aliphatic carbocycles. The molecule has 6 aromatic carbocycles. The van der Waals surface area contributed by atoms with Crippen LogP contribution < -0.4 is 0 Å². The molecule has 1 aliphatic heterocycles. The molecular formula is C42H30N3O-. The van der Waals surface area contributed by atoms with E-state index in [1.165, 1.54) is 27.8 Å². The average Bonchev–Trinajstić information content (AvgIpc) is 3.59. The molecule has 220 valence electrons. The maximum absolute atomic E-state index is 6.53. The average molecular weight is 593 g/mol. The van der Waals surface area contributed by atoms with Crippen molar-refractivity contribution in [3.05, 3.63) is 173 Å².